The molecule has 3 aliphatic rings. The van der Waals surface area contributed by atoms with Crippen molar-refractivity contribution >= 4 is 17.7 Å². The van der Waals surface area contributed by atoms with Gasteiger partial charge in [0.2, 0.25) is 11.8 Å². The molecular weight excluding hydrogens is 332 g/mol. The number of carbonyl (C=O) groups is 3. The molecule has 7 nitrogen and oxygen atoms in total. The fraction of sp³-hybridized carbons (Fsp3) is 0.526. The molecule has 0 aliphatic carbocycles. The van der Waals surface area contributed by atoms with Gasteiger partial charge in [-0.25, -0.2) is 0 Å². The van der Waals surface area contributed by atoms with Crippen molar-refractivity contribution in [3.63, 3.8) is 0 Å². The van der Waals surface area contributed by atoms with Crippen molar-refractivity contribution in [3.05, 3.63) is 34.9 Å². The average molecular weight is 356 g/mol. The van der Waals surface area contributed by atoms with Gasteiger partial charge in [0.15, 0.2) is 0 Å². The van der Waals surface area contributed by atoms with Crippen LogP contribution in [0.15, 0.2) is 18.2 Å². The van der Waals surface area contributed by atoms with E-state index >= 15 is 0 Å². The summed E-state index contributed by atoms with van der Waals surface area (Å²) in [7, 11) is 0. The molecule has 26 heavy (non-hydrogen) atoms. The molecule has 3 N–H and O–H groups in total. The van der Waals surface area contributed by atoms with Crippen LogP contribution in [0, 0.1) is 5.92 Å². The number of nitrogens with zero attached hydrogens (tertiary/aromatic N) is 1. The molecule has 2 fully saturated rings. The van der Waals surface area contributed by atoms with Crippen LogP contribution in [-0.4, -0.2) is 48.3 Å². The van der Waals surface area contributed by atoms with Gasteiger partial charge >= 0.3 is 0 Å². The molecule has 3 aliphatic heterocycles. The number of benzene rings is 1. The number of amides is 3. The highest BCUT2D eigenvalue weighted by atomic mass is 16.2. The number of hydrogen-bond donors (Lipinski definition) is 3. The molecule has 0 bridgehead atoms. The molecule has 0 saturated carbocycles. The van der Waals surface area contributed by atoms with Gasteiger partial charge in [0.05, 0.1) is 0 Å². The lowest BCUT2D eigenvalue weighted by molar-refractivity contribution is -0.136. The SMILES string of the molecule is O=C1CCC(N2Cc3cccc(CNCC4CCNC4)c3C2=O)C(=O)N1. The fourth-order valence-corrected chi connectivity index (χ4v) is 4.14. The van der Waals surface area contributed by atoms with Gasteiger partial charge in [0.25, 0.3) is 5.91 Å². The Bertz CT molecular complexity index is 742. The number of piperidine rings is 1. The quantitative estimate of drug-likeness (QED) is 0.653. The number of rotatable bonds is 5. The van der Waals surface area contributed by atoms with E-state index in [1.165, 1.54) is 6.42 Å². The minimum atomic E-state index is -0.557. The van der Waals surface area contributed by atoms with Crippen molar-refractivity contribution in [2.24, 2.45) is 5.92 Å². The second-order valence-corrected chi connectivity index (χ2v) is 7.34. The van der Waals surface area contributed by atoms with Crippen LogP contribution in [0.5, 0.6) is 0 Å². The van der Waals surface area contributed by atoms with Gasteiger partial charge in [-0.2, -0.15) is 0 Å². The summed E-state index contributed by atoms with van der Waals surface area (Å²) in [6.07, 6.45) is 1.86. The summed E-state index contributed by atoms with van der Waals surface area (Å²) < 4.78 is 0. The first-order valence-electron chi connectivity index (χ1n) is 9.30. The molecule has 0 spiro atoms. The summed E-state index contributed by atoms with van der Waals surface area (Å²) in [5.74, 6) is -0.0885. The van der Waals surface area contributed by atoms with Crippen molar-refractivity contribution in [2.45, 2.75) is 38.4 Å². The lowest BCUT2D eigenvalue weighted by Gasteiger charge is -2.29. The van der Waals surface area contributed by atoms with Crippen molar-refractivity contribution in [2.75, 3.05) is 19.6 Å². The third kappa shape index (κ3) is 3.24. The highest BCUT2D eigenvalue weighted by molar-refractivity contribution is 6.05. The molecule has 138 valence electrons. The van der Waals surface area contributed by atoms with Crippen LogP contribution >= 0.6 is 0 Å². The normalized spacial score (nSPS) is 25.5. The summed E-state index contributed by atoms with van der Waals surface area (Å²) in [5.41, 5.74) is 2.66. The van der Waals surface area contributed by atoms with E-state index in [9.17, 15) is 14.4 Å². The second-order valence-electron chi connectivity index (χ2n) is 7.34. The van der Waals surface area contributed by atoms with Crippen LogP contribution in [0.3, 0.4) is 0 Å². The maximum atomic E-state index is 13.0. The van der Waals surface area contributed by atoms with Crippen LogP contribution in [-0.2, 0) is 22.7 Å². The van der Waals surface area contributed by atoms with Crippen molar-refractivity contribution in [1.82, 2.24) is 20.9 Å². The highest BCUT2D eigenvalue weighted by Crippen LogP contribution is 2.29. The van der Waals surface area contributed by atoms with E-state index in [0.29, 0.717) is 31.0 Å². The Hall–Kier alpha value is -2.25. The molecule has 0 aromatic heterocycles. The van der Waals surface area contributed by atoms with Gasteiger partial charge in [-0.3, -0.25) is 19.7 Å². The Kier molecular flexibility index (Phi) is 4.74. The average Bonchev–Trinajstić information content (AvgIpc) is 3.24. The van der Waals surface area contributed by atoms with Crippen LogP contribution in [0.4, 0.5) is 0 Å². The van der Waals surface area contributed by atoms with E-state index in [1.54, 1.807) is 4.90 Å². The van der Waals surface area contributed by atoms with Crippen LogP contribution in [0.2, 0.25) is 0 Å². The van der Waals surface area contributed by atoms with Crippen LogP contribution in [0.1, 0.15) is 40.7 Å². The first kappa shape index (κ1) is 17.2. The molecule has 4 rings (SSSR count). The van der Waals surface area contributed by atoms with Crippen molar-refractivity contribution in [3.8, 4) is 0 Å². The fourth-order valence-electron chi connectivity index (χ4n) is 4.14. The minimum absolute atomic E-state index is 0.102. The summed E-state index contributed by atoms with van der Waals surface area (Å²) in [4.78, 5) is 38.1. The smallest absolute Gasteiger partial charge is 0.255 e. The topological polar surface area (TPSA) is 90.5 Å². The zero-order chi connectivity index (χ0) is 18.1. The maximum absolute atomic E-state index is 13.0. The predicted octanol–water partition coefficient (Wildman–Crippen LogP) is 0.147. The molecule has 0 radical (unpaired) electrons. The Morgan fingerprint density at radius 2 is 2.08 bits per heavy atom. The Morgan fingerprint density at radius 3 is 2.85 bits per heavy atom. The number of hydrogen-bond acceptors (Lipinski definition) is 5. The van der Waals surface area contributed by atoms with Crippen molar-refractivity contribution < 1.29 is 14.4 Å². The molecule has 3 amide bonds. The predicted molar refractivity (Wildman–Crippen MR) is 95.2 cm³/mol. The molecule has 1 aromatic rings. The third-order valence-corrected chi connectivity index (χ3v) is 5.55. The lowest BCUT2D eigenvalue weighted by Crippen LogP contribution is -2.52. The molecule has 3 heterocycles. The highest BCUT2D eigenvalue weighted by Gasteiger charge is 2.39. The first-order chi connectivity index (χ1) is 12.6. The van der Waals surface area contributed by atoms with Gasteiger partial charge in [-0.15, -0.1) is 0 Å². The Balaban J connectivity index is 1.46. The zero-order valence-corrected chi connectivity index (χ0v) is 14.7. The van der Waals surface area contributed by atoms with Crippen molar-refractivity contribution in [1.29, 1.82) is 0 Å². The van der Waals surface area contributed by atoms with E-state index in [0.717, 1.165) is 30.8 Å². The Morgan fingerprint density at radius 1 is 1.19 bits per heavy atom. The maximum Gasteiger partial charge on any atom is 0.255 e. The van der Waals surface area contributed by atoms with Gasteiger partial charge in [-0.1, -0.05) is 18.2 Å². The first-order valence-corrected chi connectivity index (χ1v) is 9.30. The van der Waals surface area contributed by atoms with Crippen LogP contribution in [0.25, 0.3) is 0 Å². The Labute approximate surface area is 152 Å². The van der Waals surface area contributed by atoms with Gasteiger partial charge in [0.1, 0.15) is 6.04 Å². The van der Waals surface area contributed by atoms with E-state index in [4.69, 9.17) is 0 Å². The molecular formula is C19H24N4O3. The number of fused-ring (bicyclic) bond motifs is 1. The number of imide groups is 1. The molecule has 2 atom stereocenters. The minimum Gasteiger partial charge on any atom is -0.322 e. The monoisotopic (exact) mass is 356 g/mol. The lowest BCUT2D eigenvalue weighted by atomic mass is 10.0. The third-order valence-electron chi connectivity index (χ3n) is 5.55. The molecule has 2 unspecified atom stereocenters. The number of carbonyl (C=O) groups excluding carboxylic acids is 3. The largest absolute Gasteiger partial charge is 0.322 e. The standard InChI is InChI=1S/C19H24N4O3/c24-16-5-4-15(18(25)22-16)23-11-14-3-1-2-13(17(14)19(23)26)10-21-9-12-6-7-20-8-12/h1-3,12,15,20-21H,4-11H2,(H,22,24,25). The second kappa shape index (κ2) is 7.17. The van der Waals surface area contributed by atoms with Gasteiger partial charge in [0, 0.05) is 25.1 Å². The summed E-state index contributed by atoms with van der Waals surface area (Å²) in [5, 5.41) is 9.17. The van der Waals surface area contributed by atoms with Crippen LogP contribution < -0.4 is 16.0 Å². The van der Waals surface area contributed by atoms with Gasteiger partial charge < -0.3 is 15.5 Å². The van der Waals surface area contributed by atoms with E-state index in [2.05, 4.69) is 16.0 Å². The number of nitrogens with one attached hydrogen (secondary N) is 3. The van der Waals surface area contributed by atoms with Gasteiger partial charge in [-0.05, 0) is 49.5 Å². The summed E-state index contributed by atoms with van der Waals surface area (Å²) >= 11 is 0. The molecule has 7 heteroatoms. The van der Waals surface area contributed by atoms with E-state index in [1.807, 2.05) is 18.2 Å². The molecule has 1 aromatic carbocycles. The summed E-state index contributed by atoms with van der Waals surface area (Å²) in [6, 6.07) is 5.33. The zero-order valence-electron chi connectivity index (χ0n) is 14.7. The van der Waals surface area contributed by atoms with E-state index in [-0.39, 0.29) is 24.1 Å². The molecule has 2 saturated heterocycles. The van der Waals surface area contributed by atoms with E-state index < -0.39 is 6.04 Å². The summed E-state index contributed by atoms with van der Waals surface area (Å²) in [6.45, 7) is 4.13.